The molecule has 0 radical (unpaired) electrons. The van der Waals surface area contributed by atoms with E-state index in [0.29, 0.717) is 11.6 Å². The predicted octanol–water partition coefficient (Wildman–Crippen LogP) is 2.39. The molecule has 2 N–H and O–H groups in total. The first-order valence-corrected chi connectivity index (χ1v) is 5.64. The van der Waals surface area contributed by atoms with E-state index in [2.05, 4.69) is 15.3 Å². The molecule has 94 valence electrons. The van der Waals surface area contributed by atoms with Gasteiger partial charge in [-0.1, -0.05) is 12.1 Å². The molecular formula is C13H14FN3O. The van der Waals surface area contributed by atoms with E-state index in [9.17, 15) is 9.18 Å². The van der Waals surface area contributed by atoms with Gasteiger partial charge in [0, 0.05) is 6.07 Å². The molecule has 0 saturated heterocycles. The van der Waals surface area contributed by atoms with E-state index < -0.39 is 0 Å². The second kappa shape index (κ2) is 5.00. The molecule has 0 saturated carbocycles. The number of aromatic nitrogens is 2. The van der Waals surface area contributed by atoms with Crippen molar-refractivity contribution in [1.29, 1.82) is 0 Å². The van der Waals surface area contributed by atoms with Gasteiger partial charge in [0.15, 0.2) is 0 Å². The maximum absolute atomic E-state index is 13.1. The molecule has 0 spiro atoms. The first-order valence-electron chi connectivity index (χ1n) is 5.64. The van der Waals surface area contributed by atoms with E-state index >= 15 is 0 Å². The highest BCUT2D eigenvalue weighted by Crippen LogP contribution is 2.17. The molecule has 18 heavy (non-hydrogen) atoms. The van der Waals surface area contributed by atoms with Crippen molar-refractivity contribution in [2.75, 3.05) is 5.32 Å². The van der Waals surface area contributed by atoms with Crippen LogP contribution in [0.2, 0.25) is 0 Å². The highest BCUT2D eigenvalue weighted by Gasteiger charge is 2.07. The summed E-state index contributed by atoms with van der Waals surface area (Å²) in [5.41, 5.74) is 0.589. The van der Waals surface area contributed by atoms with E-state index in [-0.39, 0.29) is 17.4 Å². The van der Waals surface area contributed by atoms with Crippen LogP contribution in [0.1, 0.15) is 24.4 Å². The van der Waals surface area contributed by atoms with E-state index in [1.54, 1.807) is 13.0 Å². The highest BCUT2D eigenvalue weighted by atomic mass is 19.1. The van der Waals surface area contributed by atoms with Gasteiger partial charge < -0.3 is 10.3 Å². The number of anilines is 1. The summed E-state index contributed by atoms with van der Waals surface area (Å²) in [6.45, 7) is 3.59. The summed E-state index contributed by atoms with van der Waals surface area (Å²) in [7, 11) is 0. The van der Waals surface area contributed by atoms with Crippen molar-refractivity contribution in [3.05, 3.63) is 57.9 Å². The van der Waals surface area contributed by atoms with Crippen molar-refractivity contribution < 1.29 is 4.39 Å². The number of halogens is 1. The monoisotopic (exact) mass is 247 g/mol. The zero-order valence-corrected chi connectivity index (χ0v) is 10.2. The Balaban J connectivity index is 2.21. The minimum Gasteiger partial charge on any atom is -0.363 e. The normalized spacial score (nSPS) is 12.2. The van der Waals surface area contributed by atoms with Crippen molar-refractivity contribution in [1.82, 2.24) is 9.97 Å². The average molecular weight is 247 g/mol. The zero-order valence-electron chi connectivity index (χ0n) is 10.2. The van der Waals surface area contributed by atoms with Gasteiger partial charge in [0.25, 0.3) is 5.56 Å². The van der Waals surface area contributed by atoms with Crippen LogP contribution in [0.15, 0.2) is 35.1 Å². The summed E-state index contributed by atoms with van der Waals surface area (Å²) in [5, 5.41) is 3.07. The molecule has 1 heterocycles. The lowest BCUT2D eigenvalue weighted by atomic mass is 10.1. The molecule has 1 aromatic heterocycles. The maximum atomic E-state index is 13.1. The fourth-order valence-corrected chi connectivity index (χ4v) is 1.73. The molecule has 0 fully saturated rings. The first kappa shape index (κ1) is 12.3. The van der Waals surface area contributed by atoms with Crippen LogP contribution in [-0.4, -0.2) is 9.97 Å². The third-order valence-corrected chi connectivity index (χ3v) is 2.57. The number of aryl methyl sites for hydroxylation is 1. The number of nitrogens with zero attached hydrogens (tertiary/aromatic N) is 1. The number of benzene rings is 1. The molecule has 4 nitrogen and oxygen atoms in total. The summed E-state index contributed by atoms with van der Waals surface area (Å²) in [4.78, 5) is 18.0. The lowest BCUT2D eigenvalue weighted by Gasteiger charge is -2.15. The predicted molar refractivity (Wildman–Crippen MR) is 68.0 cm³/mol. The van der Waals surface area contributed by atoms with Gasteiger partial charge in [-0.2, -0.15) is 0 Å². The molecule has 0 aliphatic heterocycles. The van der Waals surface area contributed by atoms with Gasteiger partial charge in [-0.05, 0) is 31.5 Å². The van der Waals surface area contributed by atoms with Crippen molar-refractivity contribution >= 4 is 5.82 Å². The number of H-pyrrole nitrogens is 1. The third-order valence-electron chi connectivity index (χ3n) is 2.57. The van der Waals surface area contributed by atoms with Gasteiger partial charge >= 0.3 is 0 Å². The van der Waals surface area contributed by atoms with Crippen molar-refractivity contribution in [3.63, 3.8) is 0 Å². The Hall–Kier alpha value is -2.17. The van der Waals surface area contributed by atoms with Gasteiger partial charge in [-0.3, -0.25) is 4.79 Å². The summed E-state index contributed by atoms with van der Waals surface area (Å²) in [6.07, 6.45) is 0. The molecule has 0 aliphatic carbocycles. The molecule has 2 rings (SSSR count). The number of aromatic amines is 1. The Morgan fingerprint density at radius 2 is 2.17 bits per heavy atom. The molecule has 5 heteroatoms. The molecular weight excluding hydrogens is 233 g/mol. The fraction of sp³-hybridized carbons (Fsp3) is 0.231. The third kappa shape index (κ3) is 2.94. The topological polar surface area (TPSA) is 57.8 Å². The van der Waals surface area contributed by atoms with Crippen LogP contribution >= 0.6 is 0 Å². The molecule has 2 aromatic rings. The summed E-state index contributed by atoms with van der Waals surface area (Å²) in [5.74, 6) is 0.737. The van der Waals surface area contributed by atoms with Crippen LogP contribution in [0.5, 0.6) is 0 Å². The Labute approximate surface area is 104 Å². The molecule has 1 atom stereocenters. The van der Waals surface area contributed by atoms with Gasteiger partial charge in [-0.15, -0.1) is 0 Å². The molecule has 1 unspecified atom stereocenters. The lowest BCUT2D eigenvalue weighted by Crippen LogP contribution is -2.14. The van der Waals surface area contributed by atoms with Crippen LogP contribution in [0.3, 0.4) is 0 Å². The number of rotatable bonds is 3. The number of hydrogen-bond donors (Lipinski definition) is 2. The Morgan fingerprint density at radius 1 is 1.39 bits per heavy atom. The van der Waals surface area contributed by atoms with Crippen LogP contribution in [0, 0.1) is 12.7 Å². The van der Waals surface area contributed by atoms with Crippen molar-refractivity contribution in [2.24, 2.45) is 0 Å². The number of hydrogen-bond acceptors (Lipinski definition) is 3. The SMILES string of the molecule is Cc1nc(NC(C)c2cccc(F)c2)cc(=O)[nH]1. The van der Waals surface area contributed by atoms with E-state index in [1.165, 1.54) is 18.2 Å². The zero-order chi connectivity index (χ0) is 13.1. The summed E-state index contributed by atoms with van der Waals surface area (Å²) >= 11 is 0. The second-order valence-corrected chi connectivity index (χ2v) is 4.14. The van der Waals surface area contributed by atoms with Crippen LogP contribution in [-0.2, 0) is 0 Å². The van der Waals surface area contributed by atoms with E-state index in [0.717, 1.165) is 5.56 Å². The van der Waals surface area contributed by atoms with Crippen LogP contribution in [0.25, 0.3) is 0 Å². The quantitative estimate of drug-likeness (QED) is 0.875. The average Bonchev–Trinajstić information content (AvgIpc) is 2.27. The largest absolute Gasteiger partial charge is 0.363 e. The summed E-state index contributed by atoms with van der Waals surface area (Å²) in [6, 6.07) is 7.57. The lowest BCUT2D eigenvalue weighted by molar-refractivity contribution is 0.623. The molecule has 1 aromatic carbocycles. The minimum atomic E-state index is -0.281. The Kier molecular flexibility index (Phi) is 3.41. The Morgan fingerprint density at radius 3 is 2.83 bits per heavy atom. The summed E-state index contributed by atoms with van der Waals surface area (Å²) < 4.78 is 13.1. The van der Waals surface area contributed by atoms with Gasteiger partial charge in [0.2, 0.25) is 0 Å². The molecule has 0 aliphatic rings. The standard InChI is InChI=1S/C13H14FN3O/c1-8(10-4-3-5-11(14)6-10)15-12-7-13(18)17-9(2)16-12/h3-8H,1-2H3,(H2,15,16,17,18). The fourth-order valence-electron chi connectivity index (χ4n) is 1.73. The molecule has 0 amide bonds. The van der Waals surface area contributed by atoms with Gasteiger partial charge in [0.05, 0.1) is 6.04 Å². The smallest absolute Gasteiger partial charge is 0.252 e. The Bertz CT molecular complexity index is 609. The second-order valence-electron chi connectivity index (χ2n) is 4.14. The van der Waals surface area contributed by atoms with Crippen LogP contribution in [0.4, 0.5) is 10.2 Å². The van der Waals surface area contributed by atoms with E-state index in [1.807, 2.05) is 13.0 Å². The van der Waals surface area contributed by atoms with Crippen molar-refractivity contribution in [2.45, 2.75) is 19.9 Å². The number of nitrogens with one attached hydrogen (secondary N) is 2. The van der Waals surface area contributed by atoms with Crippen molar-refractivity contribution in [3.8, 4) is 0 Å². The highest BCUT2D eigenvalue weighted by molar-refractivity contribution is 5.37. The minimum absolute atomic E-state index is 0.130. The first-order chi connectivity index (χ1) is 8.54. The van der Waals surface area contributed by atoms with Crippen LogP contribution < -0.4 is 10.9 Å². The van der Waals surface area contributed by atoms with Gasteiger partial charge in [-0.25, -0.2) is 9.37 Å². The van der Waals surface area contributed by atoms with E-state index in [4.69, 9.17) is 0 Å². The maximum Gasteiger partial charge on any atom is 0.252 e. The van der Waals surface area contributed by atoms with Gasteiger partial charge in [0.1, 0.15) is 17.5 Å². The molecule has 0 bridgehead atoms.